The number of rotatable bonds is 2. The number of aliphatic hydroxyl groups is 1. The van der Waals surface area contributed by atoms with Gasteiger partial charge in [-0.3, -0.25) is 0 Å². The van der Waals surface area contributed by atoms with E-state index in [1.54, 1.807) is 0 Å². The van der Waals surface area contributed by atoms with Crippen molar-refractivity contribution in [1.29, 1.82) is 0 Å². The van der Waals surface area contributed by atoms with Crippen LogP contribution < -0.4 is 0 Å². The summed E-state index contributed by atoms with van der Waals surface area (Å²) in [6.07, 6.45) is 2.51. The molecule has 0 spiro atoms. The van der Waals surface area contributed by atoms with Crippen LogP contribution >= 0.6 is 0 Å². The van der Waals surface area contributed by atoms with Crippen LogP contribution in [0.3, 0.4) is 0 Å². The Hall–Kier alpha value is -1.42. The summed E-state index contributed by atoms with van der Waals surface area (Å²) in [5, 5.41) is 17.5. The second-order valence-electron chi connectivity index (χ2n) is 2.41. The van der Waals surface area contributed by atoms with Crippen molar-refractivity contribution in [3.8, 4) is 5.75 Å². The highest BCUT2D eigenvalue weighted by molar-refractivity contribution is 5.57. The van der Waals surface area contributed by atoms with Crippen LogP contribution in [-0.4, -0.2) is 16.8 Å². The van der Waals surface area contributed by atoms with Gasteiger partial charge in [-0.05, 0) is 6.07 Å². The molecule has 0 aliphatic carbocycles. The Morgan fingerprint density at radius 1 is 1.31 bits per heavy atom. The molecule has 0 saturated carbocycles. The Bertz CT molecular complexity index is 335. The third-order valence-electron chi connectivity index (χ3n) is 1.46. The summed E-state index contributed by atoms with van der Waals surface area (Å²) < 4.78 is 25.3. The third-order valence-corrected chi connectivity index (χ3v) is 1.46. The molecule has 13 heavy (non-hydrogen) atoms. The van der Waals surface area contributed by atoms with Crippen molar-refractivity contribution in [2.75, 3.05) is 6.61 Å². The van der Waals surface area contributed by atoms with Crippen molar-refractivity contribution in [3.05, 3.63) is 35.4 Å². The molecule has 0 fully saturated rings. The molecular weight excluding hydrogens is 178 g/mol. The first-order chi connectivity index (χ1) is 6.15. The Labute approximate surface area is 73.8 Å². The monoisotopic (exact) mass is 186 g/mol. The highest BCUT2D eigenvalue weighted by Gasteiger charge is 2.06. The maximum atomic E-state index is 12.7. The Kier molecular flexibility index (Phi) is 2.97. The Morgan fingerprint density at radius 2 is 2.00 bits per heavy atom. The molecule has 1 aromatic carbocycles. The van der Waals surface area contributed by atoms with Crippen molar-refractivity contribution in [3.63, 3.8) is 0 Å². The molecule has 0 aromatic heterocycles. The van der Waals surface area contributed by atoms with E-state index >= 15 is 0 Å². The largest absolute Gasteiger partial charge is 0.504 e. The normalized spacial score (nSPS) is 11.0. The van der Waals surface area contributed by atoms with E-state index in [0.717, 1.165) is 6.07 Å². The predicted molar refractivity (Wildman–Crippen MR) is 44.1 cm³/mol. The average Bonchev–Trinajstić information content (AvgIpc) is 2.09. The lowest BCUT2D eigenvalue weighted by Gasteiger charge is -2.00. The zero-order chi connectivity index (χ0) is 9.84. The predicted octanol–water partition coefficient (Wildman–Crippen LogP) is 1.68. The van der Waals surface area contributed by atoms with E-state index in [4.69, 9.17) is 10.2 Å². The van der Waals surface area contributed by atoms with E-state index in [9.17, 15) is 8.78 Å². The molecule has 0 radical (unpaired) electrons. The van der Waals surface area contributed by atoms with Crippen LogP contribution in [0, 0.1) is 11.6 Å². The van der Waals surface area contributed by atoms with Crippen LogP contribution in [0.25, 0.3) is 6.08 Å². The smallest absolute Gasteiger partial charge is 0.168 e. The number of hydrogen-bond donors (Lipinski definition) is 2. The molecule has 2 nitrogen and oxygen atoms in total. The Morgan fingerprint density at radius 3 is 2.62 bits per heavy atom. The van der Waals surface area contributed by atoms with Crippen LogP contribution in [0.4, 0.5) is 8.78 Å². The molecule has 0 aliphatic rings. The number of benzene rings is 1. The minimum absolute atomic E-state index is 0.00606. The fourth-order valence-electron chi connectivity index (χ4n) is 0.893. The maximum absolute atomic E-state index is 12.7. The molecule has 0 heterocycles. The number of phenols is 1. The first kappa shape index (κ1) is 9.67. The SMILES string of the molecule is OC/C=C/c1cc(F)cc(F)c1O. The van der Waals surface area contributed by atoms with Crippen molar-refractivity contribution in [2.24, 2.45) is 0 Å². The van der Waals surface area contributed by atoms with Crippen LogP contribution in [0.2, 0.25) is 0 Å². The van der Waals surface area contributed by atoms with Gasteiger partial charge in [-0.15, -0.1) is 0 Å². The molecule has 2 N–H and O–H groups in total. The molecule has 0 amide bonds. The number of aromatic hydroxyl groups is 1. The third kappa shape index (κ3) is 2.26. The van der Waals surface area contributed by atoms with Gasteiger partial charge in [-0.1, -0.05) is 12.2 Å². The van der Waals surface area contributed by atoms with Crippen molar-refractivity contribution < 1.29 is 19.0 Å². The van der Waals surface area contributed by atoms with Gasteiger partial charge in [0, 0.05) is 11.6 Å². The van der Waals surface area contributed by atoms with Gasteiger partial charge < -0.3 is 10.2 Å². The summed E-state index contributed by atoms with van der Waals surface area (Å²) in [4.78, 5) is 0. The molecule has 1 aromatic rings. The van der Waals surface area contributed by atoms with Crippen molar-refractivity contribution in [1.82, 2.24) is 0 Å². The number of hydrogen-bond acceptors (Lipinski definition) is 2. The number of phenolic OH excluding ortho intramolecular Hbond substituents is 1. The number of aliphatic hydroxyl groups excluding tert-OH is 1. The molecular formula is C9H8F2O2. The second kappa shape index (κ2) is 4.00. The van der Waals surface area contributed by atoms with Gasteiger partial charge in [0.1, 0.15) is 5.82 Å². The van der Waals surface area contributed by atoms with Gasteiger partial charge in [0.2, 0.25) is 0 Å². The lowest BCUT2D eigenvalue weighted by atomic mass is 10.1. The van der Waals surface area contributed by atoms with E-state index in [1.165, 1.54) is 12.2 Å². The fraction of sp³-hybridized carbons (Fsp3) is 0.111. The summed E-state index contributed by atoms with van der Waals surface area (Å²) in [6, 6.07) is 1.57. The minimum Gasteiger partial charge on any atom is -0.504 e. The summed E-state index contributed by atoms with van der Waals surface area (Å²) in [7, 11) is 0. The first-order valence-electron chi connectivity index (χ1n) is 3.60. The maximum Gasteiger partial charge on any atom is 0.168 e. The van der Waals surface area contributed by atoms with Gasteiger partial charge in [-0.25, -0.2) is 8.78 Å². The van der Waals surface area contributed by atoms with Crippen LogP contribution in [0.1, 0.15) is 5.56 Å². The van der Waals surface area contributed by atoms with Crippen LogP contribution in [0.15, 0.2) is 18.2 Å². The standard InChI is InChI=1S/C9H8F2O2/c10-7-4-6(2-1-3-12)9(13)8(11)5-7/h1-2,4-5,12-13H,3H2/b2-1+. The molecule has 0 saturated heterocycles. The number of halogens is 2. The van der Waals surface area contributed by atoms with Crippen LogP contribution in [0.5, 0.6) is 5.75 Å². The molecule has 70 valence electrons. The molecule has 0 bridgehead atoms. The van der Waals surface area contributed by atoms with Gasteiger partial charge in [0.25, 0.3) is 0 Å². The average molecular weight is 186 g/mol. The summed E-state index contributed by atoms with van der Waals surface area (Å²) in [6.45, 7) is -0.252. The Balaban J connectivity index is 3.12. The summed E-state index contributed by atoms with van der Waals surface area (Å²) in [5.41, 5.74) is 0.00606. The summed E-state index contributed by atoms with van der Waals surface area (Å²) >= 11 is 0. The zero-order valence-electron chi connectivity index (χ0n) is 6.67. The van der Waals surface area contributed by atoms with E-state index in [-0.39, 0.29) is 12.2 Å². The molecule has 0 unspecified atom stereocenters. The molecule has 4 heteroatoms. The van der Waals surface area contributed by atoms with Crippen molar-refractivity contribution in [2.45, 2.75) is 0 Å². The lowest BCUT2D eigenvalue weighted by molar-refractivity contribution is 0.343. The highest BCUT2D eigenvalue weighted by Crippen LogP contribution is 2.23. The van der Waals surface area contributed by atoms with E-state index < -0.39 is 17.4 Å². The van der Waals surface area contributed by atoms with Gasteiger partial charge in [0.05, 0.1) is 6.61 Å². The van der Waals surface area contributed by atoms with E-state index in [0.29, 0.717) is 6.07 Å². The molecule has 0 atom stereocenters. The summed E-state index contributed by atoms with van der Waals surface area (Å²) in [5.74, 6) is -2.41. The zero-order valence-corrected chi connectivity index (χ0v) is 6.67. The van der Waals surface area contributed by atoms with Gasteiger partial charge >= 0.3 is 0 Å². The van der Waals surface area contributed by atoms with Gasteiger partial charge in [-0.2, -0.15) is 0 Å². The molecule has 1 rings (SSSR count). The van der Waals surface area contributed by atoms with Crippen molar-refractivity contribution >= 4 is 6.08 Å². The highest BCUT2D eigenvalue weighted by atomic mass is 19.1. The minimum atomic E-state index is -1.02. The molecule has 0 aliphatic heterocycles. The fourth-order valence-corrected chi connectivity index (χ4v) is 0.893. The van der Waals surface area contributed by atoms with Gasteiger partial charge in [0.15, 0.2) is 11.6 Å². The van der Waals surface area contributed by atoms with E-state index in [1.807, 2.05) is 0 Å². The lowest BCUT2D eigenvalue weighted by Crippen LogP contribution is -1.85. The van der Waals surface area contributed by atoms with Crippen LogP contribution in [-0.2, 0) is 0 Å². The van der Waals surface area contributed by atoms with E-state index in [2.05, 4.69) is 0 Å². The second-order valence-corrected chi connectivity index (χ2v) is 2.41. The topological polar surface area (TPSA) is 40.5 Å². The first-order valence-corrected chi connectivity index (χ1v) is 3.60. The quantitative estimate of drug-likeness (QED) is 0.737.